The van der Waals surface area contributed by atoms with E-state index in [1.54, 1.807) is 0 Å². The van der Waals surface area contributed by atoms with Crippen molar-refractivity contribution < 1.29 is 9.47 Å². The smallest absolute Gasteiger partial charge is 0.177 e. The summed E-state index contributed by atoms with van der Waals surface area (Å²) in [7, 11) is 0. The molecule has 9 aromatic carbocycles. The molecule has 0 spiro atoms. The van der Waals surface area contributed by atoms with E-state index < -0.39 is 0 Å². The Hall–Kier alpha value is -8.15. The summed E-state index contributed by atoms with van der Waals surface area (Å²) in [6.07, 6.45) is 0. The van der Waals surface area contributed by atoms with E-state index in [0.717, 1.165) is 77.9 Å². The van der Waals surface area contributed by atoms with Gasteiger partial charge in [0.1, 0.15) is 0 Å². The minimum absolute atomic E-state index is 0.618. The van der Waals surface area contributed by atoms with E-state index in [1.165, 1.54) is 5.56 Å². The third-order valence-electron chi connectivity index (χ3n) is 11.0. The van der Waals surface area contributed by atoms with Crippen LogP contribution in [0.15, 0.2) is 212 Å². The molecule has 10 aromatic rings. The fraction of sp³-hybridized carbons (Fsp3) is 0. The molecule has 0 N–H and O–H groups in total. The molecule has 0 unspecified atom stereocenters. The highest BCUT2D eigenvalue weighted by molar-refractivity contribution is 5.92. The average molecular weight is 770 g/mol. The van der Waals surface area contributed by atoms with Crippen molar-refractivity contribution in [2.45, 2.75) is 0 Å². The van der Waals surface area contributed by atoms with E-state index in [4.69, 9.17) is 24.4 Å². The zero-order chi connectivity index (χ0) is 39.8. The molecular formula is C55H35N3O2. The van der Waals surface area contributed by atoms with Gasteiger partial charge in [-0.05, 0) is 86.3 Å². The molecule has 0 radical (unpaired) electrons. The molecule has 0 atom stereocenters. The fourth-order valence-corrected chi connectivity index (χ4v) is 7.88. The second-order valence-electron chi connectivity index (χ2n) is 14.8. The Kier molecular flexibility index (Phi) is 8.75. The van der Waals surface area contributed by atoms with Crippen molar-refractivity contribution in [2.24, 2.45) is 0 Å². The fourth-order valence-electron chi connectivity index (χ4n) is 7.88. The van der Waals surface area contributed by atoms with Crippen LogP contribution in [-0.4, -0.2) is 15.0 Å². The SMILES string of the molecule is c1ccc(-c2ccc(-c3nc(-c4ccccc4)nc(-c4cccc(-c5cccc(-c6cccc(-c7ccc8c(c7)Oc7ccc9ccccc9c7O8)c6)c5)c4)n3)cc2)cc1. The van der Waals surface area contributed by atoms with Crippen molar-refractivity contribution in [3.8, 4) is 102 Å². The van der Waals surface area contributed by atoms with E-state index in [-0.39, 0.29) is 0 Å². The van der Waals surface area contributed by atoms with Gasteiger partial charge in [-0.25, -0.2) is 15.0 Å². The first-order chi connectivity index (χ1) is 29.7. The Balaban J connectivity index is 0.898. The van der Waals surface area contributed by atoms with Crippen molar-refractivity contribution in [3.63, 3.8) is 0 Å². The Labute approximate surface area is 347 Å². The Morgan fingerprint density at radius 3 is 1.30 bits per heavy atom. The Morgan fingerprint density at radius 2 is 0.667 bits per heavy atom. The summed E-state index contributed by atoms with van der Waals surface area (Å²) in [5.41, 5.74) is 11.6. The molecule has 1 aromatic heterocycles. The molecule has 11 rings (SSSR count). The third-order valence-corrected chi connectivity index (χ3v) is 11.0. The number of hydrogen-bond donors (Lipinski definition) is 0. The predicted molar refractivity (Wildman–Crippen MR) is 242 cm³/mol. The number of hydrogen-bond acceptors (Lipinski definition) is 5. The zero-order valence-electron chi connectivity index (χ0n) is 32.4. The van der Waals surface area contributed by atoms with Crippen molar-refractivity contribution in [3.05, 3.63) is 212 Å². The van der Waals surface area contributed by atoms with Gasteiger partial charge in [0.2, 0.25) is 0 Å². The molecule has 0 saturated heterocycles. The number of rotatable bonds is 7. The van der Waals surface area contributed by atoms with Crippen molar-refractivity contribution in [1.29, 1.82) is 0 Å². The normalized spacial score (nSPS) is 11.6. The maximum atomic E-state index is 6.41. The third kappa shape index (κ3) is 6.74. The zero-order valence-corrected chi connectivity index (χ0v) is 32.4. The number of ether oxygens (including phenoxy) is 2. The maximum Gasteiger partial charge on any atom is 0.177 e. The molecule has 0 bridgehead atoms. The maximum absolute atomic E-state index is 6.41. The van der Waals surface area contributed by atoms with Crippen LogP contribution in [0.3, 0.4) is 0 Å². The van der Waals surface area contributed by atoms with Gasteiger partial charge in [-0.3, -0.25) is 0 Å². The van der Waals surface area contributed by atoms with Gasteiger partial charge >= 0.3 is 0 Å². The molecule has 1 aliphatic heterocycles. The van der Waals surface area contributed by atoms with E-state index in [2.05, 4.69) is 152 Å². The highest BCUT2D eigenvalue weighted by Gasteiger charge is 2.22. The Morgan fingerprint density at radius 1 is 0.250 bits per heavy atom. The second-order valence-corrected chi connectivity index (χ2v) is 14.8. The van der Waals surface area contributed by atoms with Crippen LogP contribution < -0.4 is 9.47 Å². The molecule has 0 amide bonds. The second kappa shape index (κ2) is 15.0. The summed E-state index contributed by atoms with van der Waals surface area (Å²) in [5, 5.41) is 2.15. The van der Waals surface area contributed by atoms with Crippen LogP contribution in [0.25, 0.3) is 89.4 Å². The molecule has 2 heterocycles. The van der Waals surface area contributed by atoms with Crippen LogP contribution in [-0.2, 0) is 0 Å². The largest absolute Gasteiger partial charge is 0.449 e. The van der Waals surface area contributed by atoms with Gasteiger partial charge in [-0.1, -0.05) is 176 Å². The van der Waals surface area contributed by atoms with Crippen molar-refractivity contribution in [2.75, 3.05) is 0 Å². The molecule has 5 nitrogen and oxygen atoms in total. The molecule has 282 valence electrons. The summed E-state index contributed by atoms with van der Waals surface area (Å²) in [5.74, 6) is 4.75. The molecular weight excluding hydrogens is 735 g/mol. The average Bonchev–Trinajstić information content (AvgIpc) is 3.34. The van der Waals surface area contributed by atoms with Crippen LogP contribution in [0.1, 0.15) is 0 Å². The van der Waals surface area contributed by atoms with Gasteiger partial charge in [0.25, 0.3) is 0 Å². The molecule has 60 heavy (non-hydrogen) atoms. The lowest BCUT2D eigenvalue weighted by Gasteiger charge is -2.22. The highest BCUT2D eigenvalue weighted by atomic mass is 16.6. The number of aromatic nitrogens is 3. The summed E-state index contributed by atoms with van der Waals surface area (Å²) in [6, 6.07) is 73.0. The number of benzene rings is 9. The van der Waals surface area contributed by atoms with E-state index in [1.807, 2.05) is 60.7 Å². The van der Waals surface area contributed by atoms with Crippen LogP contribution >= 0.6 is 0 Å². The topological polar surface area (TPSA) is 57.1 Å². The van der Waals surface area contributed by atoms with E-state index in [0.29, 0.717) is 29.0 Å². The summed E-state index contributed by atoms with van der Waals surface area (Å²) >= 11 is 0. The molecule has 1 aliphatic rings. The van der Waals surface area contributed by atoms with Gasteiger partial charge in [0, 0.05) is 22.1 Å². The van der Waals surface area contributed by atoms with Crippen molar-refractivity contribution in [1.82, 2.24) is 15.0 Å². The summed E-state index contributed by atoms with van der Waals surface area (Å²) in [4.78, 5) is 15.0. The molecule has 0 saturated carbocycles. The summed E-state index contributed by atoms with van der Waals surface area (Å²) in [6.45, 7) is 0. The van der Waals surface area contributed by atoms with Gasteiger partial charge in [-0.2, -0.15) is 0 Å². The lowest BCUT2D eigenvalue weighted by molar-refractivity contribution is 0.363. The first kappa shape index (κ1) is 35.0. The van der Waals surface area contributed by atoms with Crippen LogP contribution in [0.2, 0.25) is 0 Å². The first-order valence-corrected chi connectivity index (χ1v) is 20.0. The van der Waals surface area contributed by atoms with Gasteiger partial charge in [-0.15, -0.1) is 0 Å². The predicted octanol–water partition coefficient (Wildman–Crippen LogP) is 14.6. The number of fused-ring (bicyclic) bond motifs is 4. The van der Waals surface area contributed by atoms with Gasteiger partial charge < -0.3 is 9.47 Å². The highest BCUT2D eigenvalue weighted by Crippen LogP contribution is 2.49. The lowest BCUT2D eigenvalue weighted by atomic mass is 9.95. The van der Waals surface area contributed by atoms with E-state index in [9.17, 15) is 0 Å². The monoisotopic (exact) mass is 769 g/mol. The van der Waals surface area contributed by atoms with Gasteiger partial charge in [0.05, 0.1) is 0 Å². The number of nitrogens with zero attached hydrogens (tertiary/aromatic N) is 3. The minimum atomic E-state index is 0.618. The molecule has 0 fully saturated rings. The Bertz CT molecular complexity index is 3200. The minimum Gasteiger partial charge on any atom is -0.449 e. The molecule has 5 heteroatoms. The quantitative estimate of drug-likeness (QED) is 0.162. The first-order valence-electron chi connectivity index (χ1n) is 20.0. The standard InChI is InChI=1S/C55H35N3O2/c1-3-12-36(13-4-1)37-24-26-40(27-25-37)54-56-53(39-15-5-2-6-16-39)57-55(58-54)47-22-11-21-45(34-47)43-19-9-17-41(32-43)42-18-10-20-44(33-42)46-29-30-49-51(35-46)59-50-31-28-38-14-7-8-23-48(38)52(50)60-49/h1-35H. The van der Waals surface area contributed by atoms with Crippen molar-refractivity contribution >= 4 is 10.8 Å². The molecule has 0 aliphatic carbocycles. The van der Waals surface area contributed by atoms with Gasteiger partial charge in [0.15, 0.2) is 40.5 Å². The lowest BCUT2D eigenvalue weighted by Crippen LogP contribution is -2.00. The van der Waals surface area contributed by atoms with Crippen LogP contribution in [0, 0.1) is 0 Å². The summed E-state index contributed by atoms with van der Waals surface area (Å²) < 4.78 is 12.8. The van der Waals surface area contributed by atoms with Crippen LogP contribution in [0.5, 0.6) is 23.0 Å². The van der Waals surface area contributed by atoms with Crippen LogP contribution in [0.4, 0.5) is 0 Å². The van der Waals surface area contributed by atoms with E-state index >= 15 is 0 Å².